The third kappa shape index (κ3) is 4.08. The van der Waals surface area contributed by atoms with E-state index in [2.05, 4.69) is 25.1 Å². The number of aromatic nitrogens is 4. The number of nitrogens with zero attached hydrogens (tertiary/aromatic N) is 5. The highest BCUT2D eigenvalue weighted by Crippen LogP contribution is 2.28. The van der Waals surface area contributed by atoms with Crippen LogP contribution in [-0.4, -0.2) is 50.2 Å². The van der Waals surface area contributed by atoms with Crippen molar-refractivity contribution in [1.29, 1.82) is 0 Å². The summed E-state index contributed by atoms with van der Waals surface area (Å²) in [6.45, 7) is 4.21. The zero-order valence-electron chi connectivity index (χ0n) is 16.0. The Bertz CT molecular complexity index is 1000. The first kappa shape index (κ1) is 21.5. The Morgan fingerprint density at radius 1 is 1.07 bits per heavy atom. The van der Waals surface area contributed by atoms with E-state index >= 15 is 0 Å². The minimum Gasteiger partial charge on any atom is -0.339 e. The lowest BCUT2D eigenvalue weighted by molar-refractivity contribution is 0.0710. The monoisotopic (exact) mass is 434 g/mol. The Hall–Kier alpha value is -2.22. The van der Waals surface area contributed by atoms with Crippen molar-refractivity contribution in [1.82, 2.24) is 30.0 Å². The van der Waals surface area contributed by atoms with E-state index in [1.54, 1.807) is 6.20 Å². The van der Waals surface area contributed by atoms with E-state index in [1.165, 1.54) is 0 Å². The van der Waals surface area contributed by atoms with Crippen molar-refractivity contribution in [2.24, 2.45) is 0 Å². The van der Waals surface area contributed by atoms with Crippen LogP contribution >= 0.6 is 24.8 Å². The van der Waals surface area contributed by atoms with Crippen molar-refractivity contribution >= 4 is 41.6 Å². The van der Waals surface area contributed by atoms with Gasteiger partial charge in [-0.3, -0.25) is 9.78 Å². The fourth-order valence-corrected chi connectivity index (χ4v) is 4.15. The number of fused-ring (bicyclic) bond motifs is 2. The average molecular weight is 435 g/mol. The average Bonchev–Trinajstić information content (AvgIpc) is 3.17. The van der Waals surface area contributed by atoms with Gasteiger partial charge in [0.2, 0.25) is 0 Å². The number of carbonyl (C=O) groups is 1. The van der Waals surface area contributed by atoms with Crippen molar-refractivity contribution in [3.8, 4) is 0 Å². The topological polar surface area (TPSA) is 75.9 Å². The third-order valence-corrected chi connectivity index (χ3v) is 5.65. The molecule has 1 N–H and O–H groups in total. The second-order valence-corrected chi connectivity index (χ2v) is 7.28. The quantitative estimate of drug-likeness (QED) is 0.670. The van der Waals surface area contributed by atoms with Crippen molar-refractivity contribution in [3.05, 3.63) is 53.7 Å². The van der Waals surface area contributed by atoms with Crippen LogP contribution in [0, 0.1) is 0 Å². The van der Waals surface area contributed by atoms with E-state index in [4.69, 9.17) is 0 Å². The number of carbonyl (C=O) groups excluding carboxylic acids is 1. The van der Waals surface area contributed by atoms with Gasteiger partial charge in [-0.25, -0.2) is 0 Å². The number of hydrogen-bond acceptors (Lipinski definition) is 5. The van der Waals surface area contributed by atoms with Crippen molar-refractivity contribution in [2.75, 3.05) is 19.6 Å². The van der Waals surface area contributed by atoms with E-state index in [0.717, 1.165) is 73.7 Å². The van der Waals surface area contributed by atoms with Crippen molar-refractivity contribution in [2.45, 2.75) is 31.8 Å². The summed E-state index contributed by atoms with van der Waals surface area (Å²) in [6.07, 6.45) is 3.65. The molecule has 1 fully saturated rings. The van der Waals surface area contributed by atoms with Crippen LogP contribution in [0.5, 0.6) is 0 Å². The first-order chi connectivity index (χ1) is 13.3. The molecule has 0 spiro atoms. The fraction of sp³-hybridized carbons (Fsp3) is 0.400. The number of benzene rings is 1. The largest absolute Gasteiger partial charge is 0.339 e. The van der Waals surface area contributed by atoms with Crippen LogP contribution in [0.25, 0.3) is 10.9 Å². The lowest BCUT2D eigenvalue weighted by Crippen LogP contribution is -2.38. The second kappa shape index (κ2) is 9.07. The van der Waals surface area contributed by atoms with E-state index < -0.39 is 0 Å². The Morgan fingerprint density at radius 2 is 1.90 bits per heavy atom. The fourth-order valence-electron chi connectivity index (χ4n) is 4.15. The Labute approximate surface area is 181 Å². The predicted octanol–water partition coefficient (Wildman–Crippen LogP) is 2.79. The van der Waals surface area contributed by atoms with Crippen LogP contribution in [0.2, 0.25) is 0 Å². The number of rotatable bonds is 2. The molecule has 0 unspecified atom stereocenters. The number of piperidine rings is 1. The molecule has 7 nitrogen and oxygen atoms in total. The SMILES string of the molecule is Cl.Cl.O=C(c1ccc2ncccc2c1)N1CCC(c2nnc3n2CCNC3)CC1. The lowest BCUT2D eigenvalue weighted by Gasteiger charge is -2.32. The first-order valence-electron chi connectivity index (χ1n) is 9.56. The summed E-state index contributed by atoms with van der Waals surface area (Å²) in [7, 11) is 0. The molecule has 1 amide bonds. The highest BCUT2D eigenvalue weighted by atomic mass is 35.5. The summed E-state index contributed by atoms with van der Waals surface area (Å²) in [5.41, 5.74) is 1.65. The van der Waals surface area contributed by atoms with E-state index in [0.29, 0.717) is 5.92 Å². The molecule has 9 heteroatoms. The van der Waals surface area contributed by atoms with Crippen LogP contribution in [0.4, 0.5) is 0 Å². The smallest absolute Gasteiger partial charge is 0.253 e. The maximum Gasteiger partial charge on any atom is 0.253 e. The molecule has 1 saturated heterocycles. The molecule has 0 saturated carbocycles. The first-order valence-corrected chi connectivity index (χ1v) is 9.56. The van der Waals surface area contributed by atoms with Crippen LogP contribution < -0.4 is 5.32 Å². The van der Waals surface area contributed by atoms with Crippen molar-refractivity contribution < 1.29 is 4.79 Å². The summed E-state index contributed by atoms with van der Waals surface area (Å²) in [6, 6.07) is 9.64. The molecular weight excluding hydrogens is 411 g/mol. The highest BCUT2D eigenvalue weighted by Gasteiger charge is 2.29. The van der Waals surface area contributed by atoms with Crippen LogP contribution in [0.3, 0.4) is 0 Å². The molecule has 0 atom stereocenters. The van der Waals surface area contributed by atoms with Gasteiger partial charge < -0.3 is 14.8 Å². The molecule has 2 aliphatic heterocycles. The van der Waals surface area contributed by atoms with Gasteiger partial charge in [0.25, 0.3) is 5.91 Å². The van der Waals surface area contributed by atoms with Gasteiger partial charge in [-0.15, -0.1) is 35.0 Å². The zero-order chi connectivity index (χ0) is 18.2. The molecule has 154 valence electrons. The predicted molar refractivity (Wildman–Crippen MR) is 116 cm³/mol. The van der Waals surface area contributed by atoms with Crippen LogP contribution in [0.1, 0.15) is 40.8 Å². The van der Waals surface area contributed by atoms with E-state index in [1.807, 2.05) is 35.2 Å². The number of nitrogens with one attached hydrogen (secondary N) is 1. The maximum absolute atomic E-state index is 12.9. The summed E-state index contributed by atoms with van der Waals surface area (Å²) in [5, 5.41) is 13.1. The van der Waals surface area contributed by atoms with Gasteiger partial charge in [0.15, 0.2) is 0 Å². The number of amides is 1. The molecule has 2 aromatic heterocycles. The van der Waals surface area contributed by atoms with E-state index in [9.17, 15) is 4.79 Å². The maximum atomic E-state index is 12.9. The molecule has 3 aromatic rings. The molecule has 0 bridgehead atoms. The Morgan fingerprint density at radius 3 is 2.72 bits per heavy atom. The highest BCUT2D eigenvalue weighted by molar-refractivity contribution is 5.98. The Balaban J connectivity index is 0.00000120. The summed E-state index contributed by atoms with van der Waals surface area (Å²) in [5.74, 6) is 2.61. The van der Waals surface area contributed by atoms with Gasteiger partial charge in [0.1, 0.15) is 11.6 Å². The second-order valence-electron chi connectivity index (χ2n) is 7.28. The number of pyridine rings is 1. The third-order valence-electron chi connectivity index (χ3n) is 5.65. The molecule has 29 heavy (non-hydrogen) atoms. The van der Waals surface area contributed by atoms with Gasteiger partial charge in [0, 0.05) is 49.2 Å². The minimum atomic E-state index is 0. The molecule has 5 rings (SSSR count). The summed E-state index contributed by atoms with van der Waals surface area (Å²) >= 11 is 0. The Kier molecular flexibility index (Phi) is 6.72. The van der Waals surface area contributed by atoms with Gasteiger partial charge in [-0.05, 0) is 37.1 Å². The zero-order valence-corrected chi connectivity index (χ0v) is 17.6. The summed E-state index contributed by atoms with van der Waals surface area (Å²) < 4.78 is 2.26. The van der Waals surface area contributed by atoms with Gasteiger partial charge in [-0.1, -0.05) is 6.07 Å². The van der Waals surface area contributed by atoms with Gasteiger partial charge in [0.05, 0.1) is 12.1 Å². The molecule has 0 aliphatic carbocycles. The van der Waals surface area contributed by atoms with Gasteiger partial charge >= 0.3 is 0 Å². The molecule has 1 aromatic carbocycles. The molecule has 4 heterocycles. The normalized spacial score (nSPS) is 16.6. The van der Waals surface area contributed by atoms with Crippen molar-refractivity contribution in [3.63, 3.8) is 0 Å². The van der Waals surface area contributed by atoms with Crippen LogP contribution in [-0.2, 0) is 13.1 Å². The molecule has 0 radical (unpaired) electrons. The number of likely N-dealkylation sites (tertiary alicyclic amines) is 1. The standard InChI is InChI=1S/C20H22N6O.2ClH/c27-20(16-3-4-17-15(12-16)2-1-7-22-17)25-9-5-14(6-10-25)19-24-23-18-13-21-8-11-26(18)19;;/h1-4,7,12,14,21H,5-6,8-11,13H2;2*1H. The molecular formula is C20H24Cl2N6O. The minimum absolute atomic E-state index is 0. The van der Waals surface area contributed by atoms with E-state index in [-0.39, 0.29) is 30.7 Å². The number of halogens is 2. The number of hydrogen-bond donors (Lipinski definition) is 1. The lowest BCUT2D eigenvalue weighted by atomic mass is 9.95. The van der Waals surface area contributed by atoms with Gasteiger partial charge in [-0.2, -0.15) is 0 Å². The molecule has 2 aliphatic rings. The van der Waals surface area contributed by atoms with Crippen LogP contribution in [0.15, 0.2) is 36.5 Å². The summed E-state index contributed by atoms with van der Waals surface area (Å²) in [4.78, 5) is 19.2.